The minimum absolute atomic E-state index is 0. The number of hydrogen-bond acceptors (Lipinski definition) is 2. The quantitative estimate of drug-likeness (QED) is 0.421. The summed E-state index contributed by atoms with van der Waals surface area (Å²) in [5.74, 6) is 0. The van der Waals surface area contributed by atoms with Crippen LogP contribution in [0, 0.1) is 6.92 Å². The molecule has 0 heterocycles. The van der Waals surface area contributed by atoms with E-state index in [-0.39, 0.29) is 34.5 Å². The van der Waals surface area contributed by atoms with Crippen molar-refractivity contribution in [1.82, 2.24) is 0 Å². The Labute approximate surface area is 102 Å². The van der Waals surface area contributed by atoms with Crippen LogP contribution >= 0.6 is 9.24 Å². The molecule has 0 aromatic heterocycles. The monoisotopic (exact) mass is 228 g/mol. The molecule has 1 N–H and O–H groups in total. The zero-order chi connectivity index (χ0) is 9.35. The molecule has 0 amide bonds. The zero-order valence-corrected chi connectivity index (χ0v) is 8.45. The molecule has 0 spiro atoms. The molecule has 0 aliphatic heterocycles. The molecule has 1 aromatic carbocycles. The molecular formula is C7H10NaO3PS. The third kappa shape index (κ3) is 3.66. The molecule has 1 atom stereocenters. The number of hydrogen-bond donors (Lipinski definition) is 1. The van der Waals surface area contributed by atoms with Gasteiger partial charge in [0.1, 0.15) is 0 Å². The first kappa shape index (κ1) is 13.6. The van der Waals surface area contributed by atoms with Crippen LogP contribution in [0.2, 0.25) is 0 Å². The van der Waals surface area contributed by atoms with Crippen molar-refractivity contribution in [2.24, 2.45) is 0 Å². The molecule has 13 heavy (non-hydrogen) atoms. The van der Waals surface area contributed by atoms with Crippen molar-refractivity contribution in [2.45, 2.75) is 11.8 Å². The van der Waals surface area contributed by atoms with Gasteiger partial charge in [-0.2, -0.15) is 8.42 Å². The van der Waals surface area contributed by atoms with Crippen molar-refractivity contribution >= 4 is 54.2 Å². The van der Waals surface area contributed by atoms with E-state index < -0.39 is 10.1 Å². The van der Waals surface area contributed by atoms with Crippen LogP contribution in [-0.4, -0.2) is 42.5 Å². The third-order valence-electron chi connectivity index (χ3n) is 1.55. The van der Waals surface area contributed by atoms with Gasteiger partial charge in [-0.1, -0.05) is 6.07 Å². The number of aryl methyl sites for hydroxylation is 1. The summed E-state index contributed by atoms with van der Waals surface area (Å²) in [7, 11) is -1.65. The summed E-state index contributed by atoms with van der Waals surface area (Å²) >= 11 is 0. The Balaban J connectivity index is 0.00000144. The normalized spacial score (nSPS) is 10.7. The van der Waals surface area contributed by atoms with Crippen LogP contribution in [0.3, 0.4) is 0 Å². The fourth-order valence-corrected chi connectivity index (χ4v) is 1.69. The standard InChI is InChI=1S/C7H9O3PS.Na.H/c1-5-2-3-6(4-7(5)11)12(8,9)10;;/h2-4H,11H2,1H3,(H,8,9,10);;. The first-order chi connectivity index (χ1) is 5.41. The second-order valence-electron chi connectivity index (χ2n) is 2.49. The summed E-state index contributed by atoms with van der Waals surface area (Å²) in [6, 6.07) is 4.43. The van der Waals surface area contributed by atoms with Gasteiger partial charge in [-0.3, -0.25) is 4.55 Å². The molecule has 0 aliphatic rings. The van der Waals surface area contributed by atoms with Crippen LogP contribution in [0.5, 0.6) is 0 Å². The zero-order valence-electron chi connectivity index (χ0n) is 6.48. The molecule has 0 saturated carbocycles. The Hall–Kier alpha value is 0.560. The average molecular weight is 228 g/mol. The van der Waals surface area contributed by atoms with Crippen molar-refractivity contribution in [1.29, 1.82) is 0 Å². The second-order valence-corrected chi connectivity index (χ2v) is 4.54. The Morgan fingerprint density at radius 3 is 2.31 bits per heavy atom. The predicted octanol–water partition coefficient (Wildman–Crippen LogP) is 0.0936. The molecule has 1 rings (SSSR count). The molecule has 0 saturated heterocycles. The fraction of sp³-hybridized carbons (Fsp3) is 0.143. The van der Waals surface area contributed by atoms with Crippen LogP contribution in [0.1, 0.15) is 5.56 Å². The van der Waals surface area contributed by atoms with E-state index in [1.807, 2.05) is 6.92 Å². The van der Waals surface area contributed by atoms with Crippen LogP contribution in [0.25, 0.3) is 0 Å². The number of benzene rings is 1. The first-order valence-corrected chi connectivity index (χ1v) is 5.26. The summed E-state index contributed by atoms with van der Waals surface area (Å²) in [5, 5.41) is 0.769. The van der Waals surface area contributed by atoms with E-state index in [9.17, 15) is 8.42 Å². The average Bonchev–Trinajstić information content (AvgIpc) is 1.92. The van der Waals surface area contributed by atoms with E-state index in [0.29, 0.717) is 0 Å². The van der Waals surface area contributed by atoms with Gasteiger partial charge in [0.25, 0.3) is 10.1 Å². The van der Waals surface area contributed by atoms with Gasteiger partial charge in [0.15, 0.2) is 0 Å². The van der Waals surface area contributed by atoms with E-state index >= 15 is 0 Å². The van der Waals surface area contributed by atoms with Gasteiger partial charge in [0.05, 0.1) is 4.90 Å². The number of rotatable bonds is 1. The fourth-order valence-electron chi connectivity index (χ4n) is 0.779. The maximum atomic E-state index is 10.6. The van der Waals surface area contributed by atoms with Gasteiger partial charge in [0.2, 0.25) is 0 Å². The van der Waals surface area contributed by atoms with Gasteiger partial charge in [-0.05, 0) is 29.9 Å². The van der Waals surface area contributed by atoms with E-state index in [1.165, 1.54) is 12.1 Å². The first-order valence-electron chi connectivity index (χ1n) is 3.25. The summed E-state index contributed by atoms with van der Waals surface area (Å²) < 4.78 is 30.0. The second kappa shape index (κ2) is 4.87. The molecule has 3 nitrogen and oxygen atoms in total. The molecule has 1 unspecified atom stereocenters. The third-order valence-corrected chi connectivity index (χ3v) is 3.02. The molecule has 0 aliphatic carbocycles. The van der Waals surface area contributed by atoms with Crippen molar-refractivity contribution in [3.63, 3.8) is 0 Å². The molecule has 0 bridgehead atoms. The van der Waals surface area contributed by atoms with Crippen LogP contribution in [0.4, 0.5) is 0 Å². The summed E-state index contributed by atoms with van der Waals surface area (Å²) in [6.07, 6.45) is 0. The van der Waals surface area contributed by atoms with Gasteiger partial charge >= 0.3 is 29.6 Å². The molecule has 68 valence electrons. The Morgan fingerprint density at radius 1 is 1.38 bits per heavy atom. The van der Waals surface area contributed by atoms with Crippen molar-refractivity contribution < 1.29 is 13.0 Å². The van der Waals surface area contributed by atoms with Crippen molar-refractivity contribution in [3.05, 3.63) is 23.8 Å². The van der Waals surface area contributed by atoms with Gasteiger partial charge in [-0.25, -0.2) is 0 Å². The van der Waals surface area contributed by atoms with Crippen molar-refractivity contribution in [2.75, 3.05) is 0 Å². The van der Waals surface area contributed by atoms with Crippen molar-refractivity contribution in [3.8, 4) is 0 Å². The van der Waals surface area contributed by atoms with Gasteiger partial charge in [-0.15, -0.1) is 9.24 Å². The van der Waals surface area contributed by atoms with E-state index in [4.69, 9.17) is 4.55 Å². The Bertz CT molecular complexity index is 402. The summed E-state index contributed by atoms with van der Waals surface area (Å²) in [5.41, 5.74) is 0.965. The van der Waals surface area contributed by atoms with E-state index in [0.717, 1.165) is 10.9 Å². The van der Waals surface area contributed by atoms with Crippen LogP contribution in [0.15, 0.2) is 23.1 Å². The van der Waals surface area contributed by atoms with E-state index in [2.05, 4.69) is 9.24 Å². The molecule has 0 fully saturated rings. The topological polar surface area (TPSA) is 54.4 Å². The Kier molecular flexibility index (Phi) is 5.08. The molecule has 1 aromatic rings. The molecule has 0 radical (unpaired) electrons. The summed E-state index contributed by atoms with van der Waals surface area (Å²) in [6.45, 7) is 1.86. The Morgan fingerprint density at radius 2 is 1.92 bits per heavy atom. The SMILES string of the molecule is Cc1ccc(S(=O)(=O)O)cc1P.[NaH]. The predicted molar refractivity (Wildman–Crippen MR) is 57.5 cm³/mol. The molecular weight excluding hydrogens is 218 g/mol. The maximum absolute atomic E-state index is 10.6. The summed E-state index contributed by atoms with van der Waals surface area (Å²) in [4.78, 5) is -0.0712. The minimum atomic E-state index is -4.06. The van der Waals surface area contributed by atoms with E-state index in [1.54, 1.807) is 6.07 Å². The van der Waals surface area contributed by atoms with Gasteiger partial charge < -0.3 is 0 Å². The van der Waals surface area contributed by atoms with Crippen LogP contribution < -0.4 is 5.30 Å². The van der Waals surface area contributed by atoms with Crippen LogP contribution in [-0.2, 0) is 10.1 Å². The van der Waals surface area contributed by atoms with Gasteiger partial charge in [0, 0.05) is 0 Å². The molecule has 6 heteroatoms.